The van der Waals surface area contributed by atoms with Crippen molar-refractivity contribution in [3.8, 4) is 0 Å². The molecule has 0 heterocycles. The SMILES string of the molecule is O=C(Nc1cccc(SC(C(=O)Nc2cccc3c2C(=O)c2ccccc2C3=O)c2ccccc2)c1)c1cccc(Cl)c1. The van der Waals surface area contributed by atoms with Gasteiger partial charge in [0.15, 0.2) is 11.6 Å². The van der Waals surface area contributed by atoms with Crippen molar-refractivity contribution in [1.82, 2.24) is 0 Å². The maximum Gasteiger partial charge on any atom is 0.255 e. The quantitative estimate of drug-likeness (QED) is 0.182. The van der Waals surface area contributed by atoms with Crippen LogP contribution in [0.1, 0.15) is 53.0 Å². The number of hydrogen-bond donors (Lipinski definition) is 2. The minimum atomic E-state index is -0.711. The number of nitrogens with one attached hydrogen (secondary N) is 2. The largest absolute Gasteiger partial charge is 0.324 e. The number of rotatable bonds is 7. The van der Waals surface area contributed by atoms with Crippen LogP contribution in [0, 0.1) is 0 Å². The Labute approximate surface area is 257 Å². The molecule has 2 amide bonds. The van der Waals surface area contributed by atoms with Crippen molar-refractivity contribution in [3.63, 3.8) is 0 Å². The van der Waals surface area contributed by atoms with Gasteiger partial charge in [0.05, 0.1) is 11.3 Å². The smallest absolute Gasteiger partial charge is 0.255 e. The zero-order valence-corrected chi connectivity index (χ0v) is 24.1. The summed E-state index contributed by atoms with van der Waals surface area (Å²) in [5, 5.41) is 5.56. The lowest BCUT2D eigenvalue weighted by atomic mass is 9.83. The Morgan fingerprint density at radius 1 is 0.651 bits per heavy atom. The molecule has 0 radical (unpaired) electrons. The highest BCUT2D eigenvalue weighted by Gasteiger charge is 2.32. The lowest BCUT2D eigenvalue weighted by Gasteiger charge is -2.22. The van der Waals surface area contributed by atoms with E-state index in [9.17, 15) is 19.2 Å². The number of hydrogen-bond acceptors (Lipinski definition) is 5. The van der Waals surface area contributed by atoms with Gasteiger partial charge in [-0.15, -0.1) is 11.8 Å². The van der Waals surface area contributed by atoms with Gasteiger partial charge in [0.1, 0.15) is 5.25 Å². The topological polar surface area (TPSA) is 92.3 Å². The van der Waals surface area contributed by atoms with E-state index < -0.39 is 5.25 Å². The van der Waals surface area contributed by atoms with Gasteiger partial charge in [0, 0.05) is 37.9 Å². The number of thioether (sulfide) groups is 1. The lowest BCUT2D eigenvalue weighted by molar-refractivity contribution is -0.115. The van der Waals surface area contributed by atoms with Crippen LogP contribution >= 0.6 is 23.4 Å². The van der Waals surface area contributed by atoms with Crippen molar-refractivity contribution in [3.05, 3.63) is 160 Å². The Balaban J connectivity index is 1.28. The summed E-state index contributed by atoms with van der Waals surface area (Å²) in [7, 11) is 0. The molecule has 5 aromatic carbocycles. The number of carbonyl (C=O) groups is 4. The highest BCUT2D eigenvalue weighted by Crippen LogP contribution is 2.38. The van der Waals surface area contributed by atoms with Crippen molar-refractivity contribution < 1.29 is 19.2 Å². The summed E-state index contributed by atoms with van der Waals surface area (Å²) in [4.78, 5) is 54.1. The number of fused-ring (bicyclic) bond motifs is 2. The Morgan fingerprint density at radius 2 is 1.33 bits per heavy atom. The molecule has 6 rings (SSSR count). The Hall–Kier alpha value is -4.98. The minimum absolute atomic E-state index is 0.182. The van der Waals surface area contributed by atoms with Crippen LogP contribution in [0.5, 0.6) is 0 Å². The average molecular weight is 603 g/mol. The summed E-state index contributed by atoms with van der Waals surface area (Å²) in [6.07, 6.45) is 0. The molecular weight excluding hydrogens is 580 g/mol. The molecule has 0 spiro atoms. The molecule has 1 atom stereocenters. The second-order valence-corrected chi connectivity index (χ2v) is 11.4. The predicted molar refractivity (Wildman–Crippen MR) is 169 cm³/mol. The van der Waals surface area contributed by atoms with Crippen molar-refractivity contribution in [2.45, 2.75) is 10.1 Å². The van der Waals surface area contributed by atoms with E-state index in [1.54, 1.807) is 84.9 Å². The highest BCUT2D eigenvalue weighted by atomic mass is 35.5. The molecule has 0 aromatic heterocycles. The lowest BCUT2D eigenvalue weighted by Crippen LogP contribution is -2.25. The zero-order valence-electron chi connectivity index (χ0n) is 22.5. The van der Waals surface area contributed by atoms with Gasteiger partial charge in [-0.05, 0) is 48.0 Å². The van der Waals surface area contributed by atoms with E-state index in [0.29, 0.717) is 27.4 Å². The van der Waals surface area contributed by atoms with Crippen molar-refractivity contribution >= 4 is 58.1 Å². The number of ketones is 2. The van der Waals surface area contributed by atoms with Crippen LogP contribution in [0.3, 0.4) is 0 Å². The number of benzene rings is 5. The molecule has 2 N–H and O–H groups in total. The van der Waals surface area contributed by atoms with Gasteiger partial charge in [-0.1, -0.05) is 90.5 Å². The van der Waals surface area contributed by atoms with E-state index in [0.717, 1.165) is 10.5 Å². The first-order chi connectivity index (χ1) is 20.9. The van der Waals surface area contributed by atoms with Gasteiger partial charge < -0.3 is 10.6 Å². The van der Waals surface area contributed by atoms with E-state index in [1.165, 1.54) is 11.8 Å². The van der Waals surface area contributed by atoms with Gasteiger partial charge >= 0.3 is 0 Å². The Bertz CT molecular complexity index is 1910. The summed E-state index contributed by atoms with van der Waals surface area (Å²) >= 11 is 7.34. The van der Waals surface area contributed by atoms with E-state index >= 15 is 0 Å². The monoisotopic (exact) mass is 602 g/mol. The fourth-order valence-corrected chi connectivity index (χ4v) is 6.24. The third-order valence-electron chi connectivity index (χ3n) is 6.98. The van der Waals surface area contributed by atoms with E-state index in [-0.39, 0.29) is 40.2 Å². The third kappa shape index (κ3) is 5.86. The van der Waals surface area contributed by atoms with Crippen molar-refractivity contribution in [1.29, 1.82) is 0 Å². The van der Waals surface area contributed by atoms with Gasteiger partial charge in [-0.3, -0.25) is 19.2 Å². The fraction of sp³-hybridized carbons (Fsp3) is 0.0286. The summed E-state index contributed by atoms with van der Waals surface area (Å²) in [6, 6.07) is 34.7. The van der Waals surface area contributed by atoms with Crippen LogP contribution in [0.15, 0.2) is 126 Å². The first-order valence-electron chi connectivity index (χ1n) is 13.4. The number of anilines is 2. The summed E-state index contributed by atoms with van der Waals surface area (Å²) < 4.78 is 0. The third-order valence-corrected chi connectivity index (χ3v) is 8.47. The van der Waals surface area contributed by atoms with E-state index in [1.807, 2.05) is 36.4 Å². The molecule has 1 unspecified atom stereocenters. The molecular formula is C35H23ClN2O4S. The normalized spacial score (nSPS) is 12.6. The molecule has 0 fully saturated rings. The standard InChI is InChI=1S/C35H23ClN2O4S/c36-23-12-6-11-22(19-23)34(41)37-24-13-7-14-25(20-24)43-33(21-9-2-1-3-10-21)35(42)38-29-18-8-17-28-30(29)32(40)27-16-5-4-15-26(27)31(28)39/h1-20,33H,(H,37,41)(H,38,42). The van der Waals surface area contributed by atoms with Crippen LogP contribution in [0.25, 0.3) is 0 Å². The molecule has 5 aromatic rings. The molecule has 1 aliphatic carbocycles. The van der Waals surface area contributed by atoms with Crippen molar-refractivity contribution in [2.24, 2.45) is 0 Å². The van der Waals surface area contributed by atoms with Crippen LogP contribution in [0.4, 0.5) is 11.4 Å². The highest BCUT2D eigenvalue weighted by molar-refractivity contribution is 8.00. The molecule has 210 valence electrons. The van der Waals surface area contributed by atoms with Gasteiger partial charge in [-0.2, -0.15) is 0 Å². The Kier molecular flexibility index (Phi) is 7.92. The maximum absolute atomic E-state index is 13.9. The summed E-state index contributed by atoms with van der Waals surface area (Å²) in [5.41, 5.74) is 3.11. The summed E-state index contributed by atoms with van der Waals surface area (Å²) in [6.45, 7) is 0. The molecule has 6 nitrogen and oxygen atoms in total. The molecule has 43 heavy (non-hydrogen) atoms. The molecule has 0 saturated carbocycles. The fourth-order valence-electron chi connectivity index (χ4n) is 4.96. The van der Waals surface area contributed by atoms with Crippen LogP contribution in [0.2, 0.25) is 5.02 Å². The van der Waals surface area contributed by atoms with Crippen LogP contribution in [-0.4, -0.2) is 23.4 Å². The van der Waals surface area contributed by atoms with E-state index in [2.05, 4.69) is 10.6 Å². The Morgan fingerprint density at radius 3 is 2.09 bits per heavy atom. The molecule has 1 aliphatic rings. The van der Waals surface area contributed by atoms with Gasteiger partial charge in [-0.25, -0.2) is 0 Å². The molecule has 8 heteroatoms. The second-order valence-electron chi connectivity index (χ2n) is 9.82. The number of amides is 2. The molecule has 0 saturated heterocycles. The molecule has 0 aliphatic heterocycles. The predicted octanol–water partition coefficient (Wildman–Crippen LogP) is 7.84. The van der Waals surface area contributed by atoms with Crippen LogP contribution in [-0.2, 0) is 4.79 Å². The van der Waals surface area contributed by atoms with Gasteiger partial charge in [0.2, 0.25) is 5.91 Å². The van der Waals surface area contributed by atoms with Crippen molar-refractivity contribution in [2.75, 3.05) is 10.6 Å². The number of carbonyl (C=O) groups excluding carboxylic acids is 4. The van der Waals surface area contributed by atoms with Gasteiger partial charge in [0.25, 0.3) is 5.91 Å². The van der Waals surface area contributed by atoms with E-state index in [4.69, 9.17) is 11.6 Å². The second kappa shape index (κ2) is 12.1. The maximum atomic E-state index is 13.9. The first kappa shape index (κ1) is 28.2. The summed E-state index contributed by atoms with van der Waals surface area (Å²) in [5.74, 6) is -1.24. The molecule has 0 bridgehead atoms. The average Bonchev–Trinajstić information content (AvgIpc) is 3.03. The first-order valence-corrected chi connectivity index (χ1v) is 14.7. The minimum Gasteiger partial charge on any atom is -0.324 e. The number of halogens is 1. The van der Waals surface area contributed by atoms with Crippen LogP contribution < -0.4 is 10.6 Å². The zero-order chi connectivity index (χ0) is 29.9.